The molecule has 0 aromatic rings. The van der Waals surface area contributed by atoms with E-state index in [1.165, 1.54) is 4.90 Å². The van der Waals surface area contributed by atoms with Crippen LogP contribution in [-0.2, 0) is 23.9 Å². The zero-order chi connectivity index (χ0) is 26.7. The smallest absolute Gasteiger partial charge is 0.313 e. The van der Waals surface area contributed by atoms with Crippen molar-refractivity contribution >= 4 is 17.8 Å². The maximum absolute atomic E-state index is 14.5. The Labute approximate surface area is 214 Å². The minimum Gasteiger partial charge on any atom is -0.465 e. The van der Waals surface area contributed by atoms with Crippen molar-refractivity contribution < 1.29 is 29.0 Å². The second kappa shape index (κ2) is 8.98. The van der Waals surface area contributed by atoms with Gasteiger partial charge in [0, 0.05) is 12.1 Å². The molecule has 0 aliphatic carbocycles. The number of esters is 1. The first kappa shape index (κ1) is 26.9. The Kier molecular flexibility index (Phi) is 6.70. The molecule has 4 heterocycles. The van der Waals surface area contributed by atoms with E-state index >= 15 is 0 Å². The maximum atomic E-state index is 14.5. The highest BCUT2D eigenvalue weighted by molar-refractivity contribution is 5.99. The summed E-state index contributed by atoms with van der Waals surface area (Å²) in [4.78, 5) is 45.3. The van der Waals surface area contributed by atoms with E-state index in [0.29, 0.717) is 19.4 Å². The van der Waals surface area contributed by atoms with E-state index in [0.717, 1.165) is 6.42 Å². The molecule has 2 amide bonds. The Morgan fingerprint density at radius 3 is 2.39 bits per heavy atom. The van der Waals surface area contributed by atoms with Gasteiger partial charge < -0.3 is 24.4 Å². The van der Waals surface area contributed by atoms with Crippen LogP contribution in [0.4, 0.5) is 0 Å². The maximum Gasteiger partial charge on any atom is 0.313 e. The van der Waals surface area contributed by atoms with Gasteiger partial charge in [0.25, 0.3) is 0 Å². The lowest BCUT2D eigenvalue weighted by molar-refractivity contribution is -0.164. The quantitative estimate of drug-likeness (QED) is 0.459. The number of aliphatic hydroxyl groups is 1. The van der Waals surface area contributed by atoms with Crippen LogP contribution in [-0.4, -0.2) is 81.3 Å². The van der Waals surface area contributed by atoms with Gasteiger partial charge in [0.1, 0.15) is 23.2 Å². The SMILES string of the molecule is CC[C@@]12C=CCCOC(=O)[C@@H]1[C@H]1C(=O)N([C@H](C)CO)C3C(=O)N(C(C)(C)CC(C)(C)C)CC=C[C@@]31O2. The van der Waals surface area contributed by atoms with Gasteiger partial charge in [-0.1, -0.05) is 52.0 Å². The predicted molar refractivity (Wildman–Crippen MR) is 135 cm³/mol. The van der Waals surface area contributed by atoms with Gasteiger partial charge in [0.05, 0.1) is 25.2 Å². The molecular weight excluding hydrogens is 460 g/mol. The Morgan fingerprint density at radius 2 is 1.78 bits per heavy atom. The van der Waals surface area contributed by atoms with E-state index in [4.69, 9.17) is 9.47 Å². The number of nitrogens with zero attached hydrogens (tertiary/aromatic N) is 2. The molecule has 6 atom stereocenters. The van der Waals surface area contributed by atoms with E-state index in [9.17, 15) is 19.5 Å². The standard InChI is InChI=1S/C28H42N2O6/c1-8-27-12-9-10-15-35-24(34)20(27)19-22(32)30(18(2)16-31)21-23(33)29(14-11-13-28(19,21)36-27)26(6,7)17-25(3,4)5/h9,11-13,18-21,31H,8,10,14-17H2,1-7H3/t18-,19+,20+,21?,27-,28+/m1/s1. The number of carbonyl (C=O) groups excluding carboxylic acids is 3. The lowest BCUT2D eigenvalue weighted by atomic mass is 9.73. The molecule has 36 heavy (non-hydrogen) atoms. The van der Waals surface area contributed by atoms with Crippen LogP contribution in [0.1, 0.15) is 67.7 Å². The predicted octanol–water partition coefficient (Wildman–Crippen LogP) is 2.84. The first-order chi connectivity index (χ1) is 16.7. The molecule has 0 radical (unpaired) electrons. The van der Waals surface area contributed by atoms with Crippen molar-refractivity contribution in [1.29, 1.82) is 0 Å². The number of carbonyl (C=O) groups is 3. The first-order valence-electron chi connectivity index (χ1n) is 13.2. The fourth-order valence-corrected chi connectivity index (χ4v) is 7.17. The lowest BCUT2D eigenvalue weighted by Crippen LogP contribution is -2.61. The molecule has 1 spiro atoms. The minimum absolute atomic E-state index is 0.0281. The van der Waals surface area contributed by atoms with Gasteiger partial charge in [-0.15, -0.1) is 0 Å². The van der Waals surface area contributed by atoms with E-state index in [1.807, 2.05) is 50.0 Å². The molecule has 4 rings (SSSR count). The second-order valence-electron chi connectivity index (χ2n) is 12.7. The van der Waals surface area contributed by atoms with Crippen molar-refractivity contribution in [3.05, 3.63) is 24.3 Å². The van der Waals surface area contributed by atoms with E-state index in [1.54, 1.807) is 6.92 Å². The van der Waals surface area contributed by atoms with Crippen LogP contribution in [0.3, 0.4) is 0 Å². The van der Waals surface area contributed by atoms with Crippen LogP contribution in [0, 0.1) is 17.3 Å². The topological polar surface area (TPSA) is 96.4 Å². The molecule has 0 aromatic heterocycles. The Balaban J connectivity index is 1.89. The molecule has 200 valence electrons. The Hall–Kier alpha value is -2.19. The number of fused-ring (bicyclic) bond motifs is 2. The number of hydrogen-bond acceptors (Lipinski definition) is 6. The molecule has 1 unspecified atom stereocenters. The third-order valence-electron chi connectivity index (χ3n) is 8.27. The molecule has 0 saturated carbocycles. The molecule has 4 aliphatic rings. The Bertz CT molecular complexity index is 981. The summed E-state index contributed by atoms with van der Waals surface area (Å²) in [5.41, 5.74) is -2.91. The second-order valence-corrected chi connectivity index (χ2v) is 12.7. The van der Waals surface area contributed by atoms with Crippen LogP contribution in [0.2, 0.25) is 0 Å². The zero-order valence-electron chi connectivity index (χ0n) is 22.7. The third-order valence-corrected chi connectivity index (χ3v) is 8.27. The van der Waals surface area contributed by atoms with Crippen molar-refractivity contribution in [2.45, 2.75) is 96.6 Å². The average molecular weight is 503 g/mol. The number of amides is 2. The van der Waals surface area contributed by atoms with Gasteiger partial charge >= 0.3 is 5.97 Å². The van der Waals surface area contributed by atoms with E-state index < -0.39 is 46.6 Å². The first-order valence-corrected chi connectivity index (χ1v) is 13.2. The summed E-state index contributed by atoms with van der Waals surface area (Å²) < 4.78 is 12.4. The number of aliphatic hydroxyl groups excluding tert-OH is 1. The fraction of sp³-hybridized carbons (Fsp3) is 0.750. The molecule has 0 aromatic carbocycles. The van der Waals surface area contributed by atoms with Crippen molar-refractivity contribution in [3.63, 3.8) is 0 Å². The fourth-order valence-electron chi connectivity index (χ4n) is 7.17. The molecule has 8 heteroatoms. The largest absolute Gasteiger partial charge is 0.465 e. The number of ether oxygens (including phenoxy) is 2. The molecule has 4 aliphatic heterocycles. The van der Waals surface area contributed by atoms with E-state index in [-0.39, 0.29) is 30.4 Å². The molecule has 0 bridgehead atoms. The zero-order valence-corrected chi connectivity index (χ0v) is 22.7. The molecule has 8 nitrogen and oxygen atoms in total. The number of hydrogen-bond donors (Lipinski definition) is 1. The van der Waals surface area contributed by atoms with Crippen LogP contribution < -0.4 is 0 Å². The van der Waals surface area contributed by atoms with Crippen molar-refractivity contribution in [2.24, 2.45) is 17.3 Å². The van der Waals surface area contributed by atoms with Crippen molar-refractivity contribution in [1.82, 2.24) is 9.80 Å². The van der Waals surface area contributed by atoms with Gasteiger partial charge in [0.2, 0.25) is 11.8 Å². The third kappa shape index (κ3) is 4.01. The highest BCUT2D eigenvalue weighted by Gasteiger charge is 2.76. The number of cyclic esters (lactones) is 1. The summed E-state index contributed by atoms with van der Waals surface area (Å²) in [5.74, 6) is -2.83. The van der Waals surface area contributed by atoms with Gasteiger partial charge in [-0.3, -0.25) is 14.4 Å². The highest BCUT2D eigenvalue weighted by Crippen LogP contribution is 2.58. The number of rotatable bonds is 5. The van der Waals surface area contributed by atoms with E-state index in [2.05, 4.69) is 20.8 Å². The summed E-state index contributed by atoms with van der Waals surface area (Å²) in [6, 6.07) is -1.61. The van der Waals surface area contributed by atoms with Crippen LogP contribution in [0.25, 0.3) is 0 Å². The molecule has 2 fully saturated rings. The molecule has 2 saturated heterocycles. The lowest BCUT2D eigenvalue weighted by Gasteiger charge is -2.45. The van der Waals surface area contributed by atoms with Gasteiger partial charge in [-0.25, -0.2) is 0 Å². The summed E-state index contributed by atoms with van der Waals surface area (Å²) in [5, 5.41) is 10.1. The summed E-state index contributed by atoms with van der Waals surface area (Å²) in [6.45, 7) is 14.5. The molecular formula is C28H42N2O6. The van der Waals surface area contributed by atoms with Gasteiger partial charge in [-0.2, -0.15) is 0 Å². The van der Waals surface area contributed by atoms with Gasteiger partial charge in [0.15, 0.2) is 0 Å². The van der Waals surface area contributed by atoms with Crippen LogP contribution in [0.5, 0.6) is 0 Å². The van der Waals surface area contributed by atoms with Crippen molar-refractivity contribution in [2.75, 3.05) is 19.8 Å². The summed E-state index contributed by atoms with van der Waals surface area (Å²) in [7, 11) is 0. The number of likely N-dealkylation sites (tertiary alicyclic amines) is 1. The van der Waals surface area contributed by atoms with Crippen molar-refractivity contribution in [3.8, 4) is 0 Å². The minimum atomic E-state index is -1.33. The highest BCUT2D eigenvalue weighted by atomic mass is 16.6. The van der Waals surface area contributed by atoms with Gasteiger partial charge in [-0.05, 0) is 45.4 Å². The average Bonchev–Trinajstić information content (AvgIpc) is 3.12. The normalized spacial score (nSPS) is 35.6. The Morgan fingerprint density at radius 1 is 1.08 bits per heavy atom. The monoisotopic (exact) mass is 502 g/mol. The van der Waals surface area contributed by atoms with Crippen LogP contribution in [0.15, 0.2) is 24.3 Å². The summed E-state index contributed by atoms with van der Waals surface area (Å²) in [6.07, 6.45) is 9.37. The summed E-state index contributed by atoms with van der Waals surface area (Å²) >= 11 is 0. The molecule has 1 N–H and O–H groups in total. The van der Waals surface area contributed by atoms with Crippen LogP contribution >= 0.6 is 0 Å².